The Morgan fingerprint density at radius 2 is 2.26 bits per heavy atom. The number of hydrogen-bond acceptors (Lipinski definition) is 4. The lowest BCUT2D eigenvalue weighted by molar-refractivity contribution is 0.244. The molecule has 8 heteroatoms. The summed E-state index contributed by atoms with van der Waals surface area (Å²) in [6.45, 7) is 1.54. The van der Waals surface area contributed by atoms with E-state index in [0.717, 1.165) is 12.8 Å². The molecule has 1 aromatic rings. The molecule has 1 fully saturated rings. The topological polar surface area (TPSA) is 72.3 Å². The third-order valence-electron chi connectivity index (χ3n) is 3.26. The molecule has 1 atom stereocenters. The van der Waals surface area contributed by atoms with E-state index in [2.05, 4.69) is 20.9 Å². The number of aromatic nitrogens is 2. The Kier molecular flexibility index (Phi) is 4.42. The molecular weight excluding hydrogens is 334 g/mol. The lowest BCUT2D eigenvalue weighted by Crippen LogP contribution is -2.41. The van der Waals surface area contributed by atoms with E-state index in [9.17, 15) is 13.2 Å². The van der Waals surface area contributed by atoms with Gasteiger partial charge in [-0.1, -0.05) is 0 Å². The zero-order valence-electron chi connectivity index (χ0n) is 10.6. The Bertz CT molecular complexity index is 614. The molecule has 0 saturated carbocycles. The van der Waals surface area contributed by atoms with Crippen LogP contribution in [0.25, 0.3) is 0 Å². The molecule has 0 amide bonds. The van der Waals surface area contributed by atoms with Crippen LogP contribution in [0.4, 0.5) is 0 Å². The molecule has 0 aliphatic carbocycles. The van der Waals surface area contributed by atoms with Gasteiger partial charge in [0.25, 0.3) is 5.56 Å². The van der Waals surface area contributed by atoms with Crippen LogP contribution in [0.3, 0.4) is 0 Å². The predicted molar refractivity (Wildman–Crippen MR) is 75.3 cm³/mol. The molecule has 1 aromatic heterocycles. The molecule has 0 spiro atoms. The second-order valence-electron chi connectivity index (χ2n) is 4.83. The van der Waals surface area contributed by atoms with E-state index in [1.165, 1.54) is 27.7 Å². The van der Waals surface area contributed by atoms with E-state index in [1.54, 1.807) is 0 Å². The second kappa shape index (κ2) is 5.72. The number of sulfonamides is 1. The molecule has 0 bridgehead atoms. The summed E-state index contributed by atoms with van der Waals surface area (Å²) in [6, 6.07) is 0. The maximum atomic E-state index is 11.9. The van der Waals surface area contributed by atoms with Crippen molar-refractivity contribution >= 4 is 26.0 Å². The molecule has 0 radical (unpaired) electrons. The van der Waals surface area contributed by atoms with Gasteiger partial charge in [0, 0.05) is 25.8 Å². The highest BCUT2D eigenvalue weighted by Crippen LogP contribution is 2.19. The molecule has 106 valence electrons. The summed E-state index contributed by atoms with van der Waals surface area (Å²) in [5, 5.41) is 0. The molecule has 1 aliphatic heterocycles. The van der Waals surface area contributed by atoms with E-state index in [4.69, 9.17) is 0 Å². The molecule has 0 N–H and O–H groups in total. The van der Waals surface area contributed by atoms with E-state index in [0.29, 0.717) is 24.1 Å². The maximum Gasteiger partial charge on any atom is 0.267 e. The van der Waals surface area contributed by atoms with Crippen molar-refractivity contribution in [2.24, 2.45) is 5.92 Å². The van der Waals surface area contributed by atoms with Gasteiger partial charge in [-0.25, -0.2) is 17.7 Å². The monoisotopic (exact) mass is 349 g/mol. The SMILES string of the molecule is CS(=O)(=O)N1CCCC(Cn2cncc(Br)c2=O)C1. The number of hydrogen-bond donors (Lipinski definition) is 0. The zero-order valence-corrected chi connectivity index (χ0v) is 13.0. The summed E-state index contributed by atoms with van der Waals surface area (Å²) in [6.07, 6.45) is 5.93. The molecule has 2 heterocycles. The van der Waals surface area contributed by atoms with E-state index in [-0.39, 0.29) is 11.5 Å². The van der Waals surface area contributed by atoms with Crippen molar-refractivity contribution in [2.45, 2.75) is 19.4 Å². The lowest BCUT2D eigenvalue weighted by atomic mass is 10.00. The third kappa shape index (κ3) is 3.64. The first-order valence-electron chi connectivity index (χ1n) is 6.03. The molecule has 19 heavy (non-hydrogen) atoms. The van der Waals surface area contributed by atoms with Gasteiger partial charge in [-0.15, -0.1) is 0 Å². The van der Waals surface area contributed by atoms with Gasteiger partial charge >= 0.3 is 0 Å². The summed E-state index contributed by atoms with van der Waals surface area (Å²) < 4.78 is 26.5. The largest absolute Gasteiger partial charge is 0.298 e. The van der Waals surface area contributed by atoms with Crippen LogP contribution in [0.2, 0.25) is 0 Å². The third-order valence-corrected chi connectivity index (χ3v) is 5.08. The van der Waals surface area contributed by atoms with Crippen LogP contribution < -0.4 is 5.56 Å². The highest BCUT2D eigenvalue weighted by molar-refractivity contribution is 9.10. The van der Waals surface area contributed by atoms with Crippen LogP contribution in [0.1, 0.15) is 12.8 Å². The van der Waals surface area contributed by atoms with E-state index >= 15 is 0 Å². The standard InChI is InChI=1S/C11H16BrN3O3S/c1-19(17,18)15-4-2-3-9(7-15)6-14-8-13-5-10(12)11(14)16/h5,8-9H,2-4,6-7H2,1H3. The van der Waals surface area contributed by atoms with Crippen LogP contribution in [0.5, 0.6) is 0 Å². The van der Waals surface area contributed by atoms with Crippen molar-refractivity contribution in [1.82, 2.24) is 13.9 Å². The summed E-state index contributed by atoms with van der Waals surface area (Å²) in [7, 11) is -3.15. The highest BCUT2D eigenvalue weighted by atomic mass is 79.9. The van der Waals surface area contributed by atoms with Crippen molar-refractivity contribution in [3.05, 3.63) is 27.4 Å². The maximum absolute atomic E-state index is 11.9. The summed E-state index contributed by atoms with van der Waals surface area (Å²) in [5.41, 5.74) is -0.133. The van der Waals surface area contributed by atoms with Crippen LogP contribution >= 0.6 is 15.9 Å². The Labute approximate surface area is 120 Å². The average molecular weight is 350 g/mol. The van der Waals surface area contributed by atoms with E-state index < -0.39 is 10.0 Å². The van der Waals surface area contributed by atoms with E-state index in [1.807, 2.05) is 0 Å². The second-order valence-corrected chi connectivity index (χ2v) is 7.67. The zero-order chi connectivity index (χ0) is 14.0. The minimum absolute atomic E-state index is 0.133. The van der Waals surface area contributed by atoms with Crippen molar-refractivity contribution in [3.8, 4) is 0 Å². The summed E-state index contributed by atoms with van der Waals surface area (Å²) in [5.74, 6) is 0.150. The number of nitrogens with zero attached hydrogens (tertiary/aromatic N) is 3. The minimum Gasteiger partial charge on any atom is -0.298 e. The van der Waals surface area contributed by atoms with Crippen LogP contribution in [0.15, 0.2) is 21.8 Å². The lowest BCUT2D eigenvalue weighted by Gasteiger charge is -2.31. The van der Waals surface area contributed by atoms with Gasteiger partial charge in [0.15, 0.2) is 0 Å². The Morgan fingerprint density at radius 3 is 2.95 bits per heavy atom. The van der Waals surface area contributed by atoms with Gasteiger partial charge in [-0.2, -0.15) is 0 Å². The fraction of sp³-hybridized carbons (Fsp3) is 0.636. The quantitative estimate of drug-likeness (QED) is 0.804. The molecule has 2 rings (SSSR count). The van der Waals surface area contributed by atoms with Gasteiger partial charge in [0.2, 0.25) is 10.0 Å². The Hall–Kier alpha value is -0.730. The fourth-order valence-corrected chi connectivity index (χ4v) is 3.60. The smallest absolute Gasteiger partial charge is 0.267 e. The first-order chi connectivity index (χ1) is 8.88. The molecule has 1 saturated heterocycles. The first kappa shape index (κ1) is 14.7. The first-order valence-corrected chi connectivity index (χ1v) is 8.67. The van der Waals surface area contributed by atoms with Crippen molar-refractivity contribution < 1.29 is 8.42 Å². The summed E-state index contributed by atoms with van der Waals surface area (Å²) in [4.78, 5) is 15.8. The van der Waals surface area contributed by atoms with Gasteiger partial charge in [0.05, 0.1) is 12.6 Å². The normalized spacial score (nSPS) is 21.5. The number of piperidine rings is 1. The van der Waals surface area contributed by atoms with Crippen LogP contribution in [-0.2, 0) is 16.6 Å². The highest BCUT2D eigenvalue weighted by Gasteiger charge is 2.26. The molecule has 1 unspecified atom stereocenters. The van der Waals surface area contributed by atoms with Gasteiger partial charge in [0.1, 0.15) is 4.47 Å². The molecule has 6 nitrogen and oxygen atoms in total. The van der Waals surface area contributed by atoms with Crippen molar-refractivity contribution in [1.29, 1.82) is 0 Å². The minimum atomic E-state index is -3.15. The average Bonchev–Trinajstić information content (AvgIpc) is 2.34. The van der Waals surface area contributed by atoms with Gasteiger partial charge in [-0.05, 0) is 34.7 Å². The molecule has 0 aromatic carbocycles. The fourth-order valence-electron chi connectivity index (χ4n) is 2.31. The number of halogens is 1. The number of rotatable bonds is 3. The Morgan fingerprint density at radius 1 is 1.53 bits per heavy atom. The van der Waals surface area contributed by atoms with Crippen LogP contribution in [0, 0.1) is 5.92 Å². The van der Waals surface area contributed by atoms with Crippen molar-refractivity contribution in [3.63, 3.8) is 0 Å². The van der Waals surface area contributed by atoms with Crippen LogP contribution in [-0.4, -0.2) is 41.6 Å². The van der Waals surface area contributed by atoms with Crippen molar-refractivity contribution in [2.75, 3.05) is 19.3 Å². The summed E-state index contributed by atoms with van der Waals surface area (Å²) >= 11 is 3.15. The molecular formula is C11H16BrN3O3S. The molecule has 1 aliphatic rings. The van der Waals surface area contributed by atoms with Gasteiger partial charge < -0.3 is 0 Å². The predicted octanol–water partition coefficient (Wildman–Crippen LogP) is 0.677. The van der Waals surface area contributed by atoms with Gasteiger partial charge in [-0.3, -0.25) is 9.36 Å². The Balaban J connectivity index is 2.11.